The van der Waals surface area contributed by atoms with Crippen LogP contribution >= 0.6 is 11.6 Å². The summed E-state index contributed by atoms with van der Waals surface area (Å²) in [5.74, 6) is -0.234. The van der Waals surface area contributed by atoms with Crippen molar-refractivity contribution in [2.24, 2.45) is 5.41 Å². The van der Waals surface area contributed by atoms with Crippen LogP contribution in [-0.2, 0) is 9.59 Å². The van der Waals surface area contributed by atoms with Gasteiger partial charge in [0.05, 0.1) is 12.6 Å². The van der Waals surface area contributed by atoms with Crippen molar-refractivity contribution in [1.82, 2.24) is 10.6 Å². The van der Waals surface area contributed by atoms with Crippen LogP contribution in [0.3, 0.4) is 0 Å². The van der Waals surface area contributed by atoms with Gasteiger partial charge in [0.15, 0.2) is 0 Å². The fourth-order valence-electron chi connectivity index (χ4n) is 2.46. The van der Waals surface area contributed by atoms with Gasteiger partial charge in [-0.2, -0.15) is 0 Å². The van der Waals surface area contributed by atoms with Gasteiger partial charge in [-0.3, -0.25) is 9.59 Å². The largest absolute Gasteiger partial charge is 0.491 e. The van der Waals surface area contributed by atoms with Gasteiger partial charge in [0.1, 0.15) is 18.5 Å². The Labute approximate surface area is 151 Å². The predicted molar refractivity (Wildman–Crippen MR) is 92.3 cm³/mol. The van der Waals surface area contributed by atoms with Gasteiger partial charge in [-0.1, -0.05) is 31.5 Å². The van der Waals surface area contributed by atoms with Crippen molar-refractivity contribution >= 4 is 23.4 Å². The average Bonchev–Trinajstić information content (AvgIpc) is 2.98. The first-order chi connectivity index (χ1) is 11.8. The highest BCUT2D eigenvalue weighted by atomic mass is 35.5. The number of benzene rings is 1. The molecule has 1 unspecified atom stereocenters. The fourth-order valence-corrected chi connectivity index (χ4v) is 2.75. The highest BCUT2D eigenvalue weighted by Gasteiger charge is 2.33. The van der Waals surface area contributed by atoms with E-state index in [0.29, 0.717) is 17.4 Å². The number of aliphatic hydroxyl groups excluding tert-OH is 2. The molecular formula is C17H23ClN2O5. The van der Waals surface area contributed by atoms with E-state index in [0.717, 1.165) is 5.56 Å². The highest BCUT2D eigenvalue weighted by Crippen LogP contribution is 2.37. The van der Waals surface area contributed by atoms with Gasteiger partial charge in [-0.15, -0.1) is 0 Å². The molecule has 25 heavy (non-hydrogen) atoms. The molecular weight excluding hydrogens is 348 g/mol. The maximum atomic E-state index is 12.1. The van der Waals surface area contributed by atoms with Crippen molar-refractivity contribution in [1.29, 1.82) is 0 Å². The van der Waals surface area contributed by atoms with Crippen molar-refractivity contribution < 1.29 is 24.5 Å². The number of nitrogens with one attached hydrogen (secondary N) is 2. The Balaban J connectivity index is 1.80. The van der Waals surface area contributed by atoms with Gasteiger partial charge in [-0.25, -0.2) is 0 Å². The smallest absolute Gasteiger partial charge is 0.249 e. The molecule has 1 aliphatic heterocycles. The maximum absolute atomic E-state index is 12.1. The molecule has 0 aliphatic carbocycles. The average molecular weight is 371 g/mol. The number of hydrogen-bond acceptors (Lipinski definition) is 5. The van der Waals surface area contributed by atoms with E-state index in [1.165, 1.54) is 0 Å². The molecule has 0 spiro atoms. The van der Waals surface area contributed by atoms with Crippen LogP contribution in [0.4, 0.5) is 0 Å². The van der Waals surface area contributed by atoms with Crippen LogP contribution in [0.25, 0.3) is 0 Å². The zero-order valence-corrected chi connectivity index (χ0v) is 15.0. The summed E-state index contributed by atoms with van der Waals surface area (Å²) in [6, 6.07) is 4.97. The highest BCUT2D eigenvalue weighted by molar-refractivity contribution is 6.31. The Hall–Kier alpha value is -1.83. The zero-order valence-electron chi connectivity index (χ0n) is 14.2. The number of carbonyl (C=O) groups is 2. The Morgan fingerprint density at radius 2 is 2.16 bits per heavy atom. The third-order valence-electron chi connectivity index (χ3n) is 4.15. The van der Waals surface area contributed by atoms with E-state index in [1.807, 2.05) is 0 Å². The summed E-state index contributed by atoms with van der Waals surface area (Å²) in [5, 5.41) is 24.9. The van der Waals surface area contributed by atoms with E-state index in [4.69, 9.17) is 21.4 Å². The fraction of sp³-hybridized carbons (Fsp3) is 0.529. The molecule has 1 aromatic rings. The second kappa shape index (κ2) is 8.03. The first kappa shape index (κ1) is 19.5. The number of hydrogen-bond donors (Lipinski definition) is 4. The molecule has 0 saturated carbocycles. The van der Waals surface area contributed by atoms with Crippen molar-refractivity contribution in [3.05, 3.63) is 28.8 Å². The van der Waals surface area contributed by atoms with Gasteiger partial charge in [-0.05, 0) is 12.1 Å². The van der Waals surface area contributed by atoms with E-state index in [9.17, 15) is 14.7 Å². The van der Waals surface area contributed by atoms with Crippen LogP contribution < -0.4 is 15.4 Å². The normalized spacial score (nSPS) is 17.4. The van der Waals surface area contributed by atoms with Crippen molar-refractivity contribution in [2.45, 2.75) is 32.4 Å². The van der Waals surface area contributed by atoms with Crippen LogP contribution in [-0.4, -0.2) is 47.9 Å². The van der Waals surface area contributed by atoms with Gasteiger partial charge in [0, 0.05) is 29.0 Å². The molecule has 1 aliphatic rings. The minimum atomic E-state index is -1.35. The molecule has 7 nitrogen and oxygen atoms in total. The Morgan fingerprint density at radius 1 is 1.44 bits per heavy atom. The number of aliphatic hydroxyl groups is 2. The van der Waals surface area contributed by atoms with Crippen molar-refractivity contribution in [3.63, 3.8) is 0 Å². The van der Waals surface area contributed by atoms with E-state index in [1.54, 1.807) is 32.0 Å². The lowest BCUT2D eigenvalue weighted by Crippen LogP contribution is -2.46. The summed E-state index contributed by atoms with van der Waals surface area (Å²) >= 11 is 6.15. The van der Waals surface area contributed by atoms with Gasteiger partial charge in [0.25, 0.3) is 0 Å². The van der Waals surface area contributed by atoms with Gasteiger partial charge in [0.2, 0.25) is 11.8 Å². The summed E-state index contributed by atoms with van der Waals surface area (Å²) in [5.41, 5.74) is -0.199. The molecule has 2 rings (SSSR count). The minimum Gasteiger partial charge on any atom is -0.491 e. The molecule has 4 N–H and O–H groups in total. The lowest BCUT2D eigenvalue weighted by molar-refractivity contribution is -0.137. The molecule has 1 aromatic carbocycles. The predicted octanol–water partition coefficient (Wildman–Crippen LogP) is 0.775. The SMILES string of the molecule is CC(C)(CO)[C@@H](O)C(=O)NCCC(=O)NC1COc2cccc(Cl)c21. The Morgan fingerprint density at radius 3 is 2.84 bits per heavy atom. The first-order valence-electron chi connectivity index (χ1n) is 8.03. The van der Waals surface area contributed by atoms with Gasteiger partial charge >= 0.3 is 0 Å². The molecule has 138 valence electrons. The van der Waals surface area contributed by atoms with Crippen LogP contribution in [0, 0.1) is 5.41 Å². The number of amides is 2. The summed E-state index contributed by atoms with van der Waals surface area (Å²) in [7, 11) is 0. The van der Waals surface area contributed by atoms with Crippen LogP contribution in [0.5, 0.6) is 5.75 Å². The summed E-state index contributed by atoms with van der Waals surface area (Å²) in [6.45, 7) is 3.20. The minimum absolute atomic E-state index is 0.0499. The van der Waals surface area contributed by atoms with E-state index in [2.05, 4.69) is 10.6 Å². The third-order valence-corrected chi connectivity index (χ3v) is 4.48. The molecule has 2 atom stereocenters. The molecule has 0 aromatic heterocycles. The van der Waals surface area contributed by atoms with Crippen LogP contribution in [0.1, 0.15) is 31.9 Å². The van der Waals surface area contributed by atoms with Crippen molar-refractivity contribution in [3.8, 4) is 5.75 Å². The number of carbonyl (C=O) groups excluding carboxylic acids is 2. The second-order valence-corrected chi connectivity index (χ2v) is 7.08. The first-order valence-corrected chi connectivity index (χ1v) is 8.41. The maximum Gasteiger partial charge on any atom is 0.249 e. The monoisotopic (exact) mass is 370 g/mol. The molecule has 0 saturated heterocycles. The lowest BCUT2D eigenvalue weighted by atomic mass is 9.87. The number of rotatable bonds is 7. The van der Waals surface area contributed by atoms with Gasteiger partial charge < -0.3 is 25.6 Å². The van der Waals surface area contributed by atoms with Crippen LogP contribution in [0.15, 0.2) is 18.2 Å². The second-order valence-electron chi connectivity index (χ2n) is 6.67. The summed E-state index contributed by atoms with van der Waals surface area (Å²) in [6.07, 6.45) is -1.30. The topological polar surface area (TPSA) is 108 Å². The van der Waals surface area contributed by atoms with E-state index < -0.39 is 17.4 Å². The molecule has 0 bridgehead atoms. The lowest BCUT2D eigenvalue weighted by Gasteiger charge is -2.27. The molecule has 0 fully saturated rings. The quantitative estimate of drug-likeness (QED) is 0.567. The molecule has 2 amide bonds. The van der Waals surface area contributed by atoms with Crippen molar-refractivity contribution in [2.75, 3.05) is 19.8 Å². The Kier molecular flexibility index (Phi) is 6.26. The molecule has 8 heteroatoms. The number of halogens is 1. The number of ether oxygens (including phenoxy) is 1. The third kappa shape index (κ3) is 4.62. The van der Waals surface area contributed by atoms with E-state index >= 15 is 0 Å². The molecule has 0 radical (unpaired) electrons. The summed E-state index contributed by atoms with van der Waals surface area (Å²) in [4.78, 5) is 23.9. The zero-order chi connectivity index (χ0) is 18.6. The summed E-state index contributed by atoms with van der Waals surface area (Å²) < 4.78 is 5.49. The van der Waals surface area contributed by atoms with E-state index in [-0.39, 0.29) is 31.5 Å². The Bertz CT molecular complexity index is 650. The van der Waals surface area contributed by atoms with Crippen LogP contribution in [0.2, 0.25) is 5.02 Å². The standard InChI is InChI=1S/C17H23ClN2O5/c1-17(2,9-21)15(23)16(24)19-7-6-13(22)20-11-8-25-12-5-3-4-10(18)14(11)12/h3-5,11,15,21,23H,6-9H2,1-2H3,(H,19,24)(H,20,22)/t11?,15-/m0/s1. The molecule has 1 heterocycles. The number of fused-ring (bicyclic) bond motifs is 1.